The Labute approximate surface area is 203 Å². The second kappa shape index (κ2) is 11.0. The zero-order valence-corrected chi connectivity index (χ0v) is 19.7. The highest BCUT2D eigenvalue weighted by Crippen LogP contribution is 2.25. The first-order chi connectivity index (χ1) is 16.7. The lowest BCUT2D eigenvalue weighted by molar-refractivity contribution is 0.198. The number of aliphatic imine (C=N–C) groups is 1. The van der Waals surface area contributed by atoms with Crippen molar-refractivity contribution in [2.24, 2.45) is 27.4 Å². The average molecular weight is 500 g/mol. The van der Waals surface area contributed by atoms with Crippen molar-refractivity contribution in [1.29, 1.82) is 0 Å². The lowest BCUT2D eigenvalue weighted by Gasteiger charge is -2.14. The standard InChI is InChI=1S/C24H26FN5O4S/c1-15(27)23(24(30-28)34-16(2)20-5-3-4-6-21(20)25)29-22(13-26)17-7-9-18(10-8-17)35(31,32)19-11-12-33-14-19/h3-10,13,19H,1-2,11-12,14,26-28H2/b22-13-,29-23+,30-24-. The Morgan fingerprint density at radius 3 is 2.40 bits per heavy atom. The highest BCUT2D eigenvalue weighted by Gasteiger charge is 2.31. The van der Waals surface area contributed by atoms with E-state index >= 15 is 0 Å². The summed E-state index contributed by atoms with van der Waals surface area (Å²) < 4.78 is 50.4. The summed E-state index contributed by atoms with van der Waals surface area (Å²) in [5.41, 5.74) is 12.3. The molecule has 1 unspecified atom stereocenters. The molecule has 0 saturated carbocycles. The maximum atomic E-state index is 14.1. The molecule has 9 nitrogen and oxygen atoms in total. The highest BCUT2D eigenvalue weighted by molar-refractivity contribution is 7.92. The van der Waals surface area contributed by atoms with Gasteiger partial charge in [-0.2, -0.15) is 0 Å². The minimum absolute atomic E-state index is 0.0599. The second-order valence-corrected chi connectivity index (χ2v) is 9.76. The number of halogens is 1. The summed E-state index contributed by atoms with van der Waals surface area (Å²) >= 11 is 0. The van der Waals surface area contributed by atoms with E-state index in [9.17, 15) is 12.8 Å². The molecule has 1 aliphatic heterocycles. The molecule has 0 aliphatic carbocycles. The van der Waals surface area contributed by atoms with Gasteiger partial charge in [-0.05, 0) is 30.7 Å². The summed E-state index contributed by atoms with van der Waals surface area (Å²) in [6.07, 6.45) is 1.64. The number of nitrogens with zero attached hydrogens (tertiary/aromatic N) is 2. The number of sulfone groups is 1. The van der Waals surface area contributed by atoms with Gasteiger partial charge >= 0.3 is 0 Å². The molecular formula is C24H26FN5O4S. The fourth-order valence-electron chi connectivity index (χ4n) is 3.34. The molecule has 35 heavy (non-hydrogen) atoms. The minimum atomic E-state index is -3.53. The van der Waals surface area contributed by atoms with Crippen LogP contribution in [0.2, 0.25) is 0 Å². The summed E-state index contributed by atoms with van der Waals surface area (Å²) in [4.78, 5) is 4.52. The molecule has 0 amide bonds. The molecule has 1 heterocycles. The summed E-state index contributed by atoms with van der Waals surface area (Å²) in [7, 11) is -3.53. The van der Waals surface area contributed by atoms with E-state index in [0.717, 1.165) is 0 Å². The van der Waals surface area contributed by atoms with Gasteiger partial charge in [-0.3, -0.25) is 0 Å². The summed E-state index contributed by atoms with van der Waals surface area (Å²) in [5.74, 6) is 4.58. The van der Waals surface area contributed by atoms with E-state index in [1.165, 1.54) is 36.5 Å². The van der Waals surface area contributed by atoms with Crippen LogP contribution in [0.3, 0.4) is 0 Å². The zero-order valence-electron chi connectivity index (χ0n) is 18.9. The van der Waals surface area contributed by atoms with E-state index in [1.54, 1.807) is 18.2 Å². The van der Waals surface area contributed by atoms with Crippen LogP contribution in [-0.4, -0.2) is 38.5 Å². The molecule has 6 N–H and O–H groups in total. The SMILES string of the molecule is C=C(N)C(=N\C(=C/N)c1ccc(S(=O)(=O)C2CCOC2)cc1)/C(=N/N)OC(=C)c1ccccc1F. The second-order valence-electron chi connectivity index (χ2n) is 7.53. The van der Waals surface area contributed by atoms with Crippen LogP contribution < -0.4 is 17.3 Å². The summed E-state index contributed by atoms with van der Waals surface area (Å²) in [5, 5.41) is 2.98. The lowest BCUT2D eigenvalue weighted by Crippen LogP contribution is -2.25. The molecule has 1 saturated heterocycles. The van der Waals surface area contributed by atoms with Crippen molar-refractivity contribution in [3.63, 3.8) is 0 Å². The Hall–Kier alpha value is -3.96. The number of nitrogens with two attached hydrogens (primary N) is 3. The molecule has 184 valence electrons. The molecular weight excluding hydrogens is 473 g/mol. The van der Waals surface area contributed by atoms with E-state index in [-0.39, 0.29) is 45.8 Å². The van der Waals surface area contributed by atoms with Gasteiger partial charge in [0.25, 0.3) is 5.90 Å². The number of hydrogen-bond donors (Lipinski definition) is 3. The van der Waals surface area contributed by atoms with Gasteiger partial charge in [-0.15, -0.1) is 5.10 Å². The largest absolute Gasteiger partial charge is 0.436 e. The van der Waals surface area contributed by atoms with Crippen molar-refractivity contribution in [3.05, 3.63) is 90.5 Å². The van der Waals surface area contributed by atoms with Crippen LogP contribution in [0.25, 0.3) is 11.5 Å². The van der Waals surface area contributed by atoms with Gasteiger partial charge < -0.3 is 26.8 Å². The highest BCUT2D eigenvalue weighted by atomic mass is 32.2. The number of ether oxygens (including phenoxy) is 2. The molecule has 2 aromatic rings. The topological polar surface area (TPSA) is 155 Å². The molecule has 2 aromatic carbocycles. The predicted octanol–water partition coefficient (Wildman–Crippen LogP) is 2.52. The molecule has 0 aromatic heterocycles. The van der Waals surface area contributed by atoms with Gasteiger partial charge in [0, 0.05) is 18.4 Å². The van der Waals surface area contributed by atoms with Crippen molar-refractivity contribution in [2.75, 3.05) is 13.2 Å². The van der Waals surface area contributed by atoms with Crippen LogP contribution in [0.1, 0.15) is 17.5 Å². The van der Waals surface area contributed by atoms with Crippen molar-refractivity contribution in [2.45, 2.75) is 16.6 Å². The van der Waals surface area contributed by atoms with Gasteiger partial charge in [0.05, 0.1) is 33.7 Å². The van der Waals surface area contributed by atoms with Crippen molar-refractivity contribution >= 4 is 32.9 Å². The van der Waals surface area contributed by atoms with Crippen molar-refractivity contribution < 1.29 is 22.3 Å². The lowest BCUT2D eigenvalue weighted by atomic mass is 10.1. The van der Waals surface area contributed by atoms with Crippen LogP contribution in [-0.2, 0) is 19.3 Å². The Morgan fingerprint density at radius 2 is 1.86 bits per heavy atom. The molecule has 1 atom stereocenters. The Balaban J connectivity index is 1.88. The monoisotopic (exact) mass is 499 g/mol. The quantitative estimate of drug-likeness (QED) is 0.166. The van der Waals surface area contributed by atoms with E-state index in [1.807, 2.05) is 0 Å². The Bertz CT molecular complexity index is 1310. The van der Waals surface area contributed by atoms with Crippen LogP contribution in [0.15, 0.2) is 88.6 Å². The van der Waals surface area contributed by atoms with E-state index in [0.29, 0.717) is 18.6 Å². The Kier molecular flexibility index (Phi) is 8.05. The van der Waals surface area contributed by atoms with Crippen molar-refractivity contribution in [1.82, 2.24) is 0 Å². The number of hydrazone groups is 1. The third-order valence-corrected chi connectivity index (χ3v) is 7.39. The van der Waals surface area contributed by atoms with Gasteiger partial charge in [0.1, 0.15) is 17.3 Å². The van der Waals surface area contributed by atoms with Crippen LogP contribution in [0.5, 0.6) is 0 Å². The fraction of sp³-hybridized carbons (Fsp3) is 0.167. The first-order valence-electron chi connectivity index (χ1n) is 10.5. The molecule has 1 aliphatic rings. The fourth-order valence-corrected chi connectivity index (χ4v) is 4.92. The molecule has 11 heteroatoms. The molecule has 0 bridgehead atoms. The normalized spacial score (nSPS) is 17.3. The van der Waals surface area contributed by atoms with E-state index in [4.69, 9.17) is 26.8 Å². The number of rotatable bonds is 8. The molecule has 0 radical (unpaired) electrons. The minimum Gasteiger partial charge on any atom is -0.436 e. The average Bonchev–Trinajstić information content (AvgIpc) is 3.40. The molecule has 1 fully saturated rings. The maximum absolute atomic E-state index is 14.1. The van der Waals surface area contributed by atoms with Crippen LogP contribution >= 0.6 is 0 Å². The summed E-state index contributed by atoms with van der Waals surface area (Å²) in [6.45, 7) is 7.96. The third-order valence-electron chi connectivity index (χ3n) is 5.21. The smallest absolute Gasteiger partial charge is 0.264 e. The van der Waals surface area contributed by atoms with Crippen molar-refractivity contribution in [3.8, 4) is 0 Å². The number of benzene rings is 2. The van der Waals surface area contributed by atoms with E-state index in [2.05, 4.69) is 23.3 Å². The summed E-state index contributed by atoms with van der Waals surface area (Å²) in [6, 6.07) is 11.9. The van der Waals surface area contributed by atoms with Gasteiger partial charge in [0.15, 0.2) is 9.84 Å². The Morgan fingerprint density at radius 1 is 1.17 bits per heavy atom. The van der Waals surface area contributed by atoms with Gasteiger partial charge in [0.2, 0.25) is 0 Å². The number of hydrogen-bond acceptors (Lipinski definition) is 9. The van der Waals surface area contributed by atoms with E-state index < -0.39 is 20.9 Å². The first-order valence-corrected chi connectivity index (χ1v) is 12.0. The first kappa shape index (κ1) is 25.7. The predicted molar refractivity (Wildman–Crippen MR) is 134 cm³/mol. The third kappa shape index (κ3) is 5.76. The molecule has 0 spiro atoms. The molecule has 3 rings (SSSR count). The van der Waals surface area contributed by atoms with Gasteiger partial charge in [-0.25, -0.2) is 17.8 Å². The zero-order chi connectivity index (χ0) is 25.6. The van der Waals surface area contributed by atoms with Crippen LogP contribution in [0, 0.1) is 5.82 Å². The van der Waals surface area contributed by atoms with Gasteiger partial charge in [-0.1, -0.05) is 37.4 Å². The van der Waals surface area contributed by atoms with Crippen LogP contribution in [0.4, 0.5) is 4.39 Å². The maximum Gasteiger partial charge on any atom is 0.264 e.